The molecule has 0 aliphatic rings. The van der Waals surface area contributed by atoms with Gasteiger partial charge in [-0.05, 0) is 54.5 Å². The third kappa shape index (κ3) is 4.65. The number of rotatable bonds is 6. The molecule has 0 bridgehead atoms. The number of nitrogens with one attached hydrogen (secondary N) is 2. The molecule has 17 heavy (non-hydrogen) atoms. The van der Waals surface area contributed by atoms with E-state index >= 15 is 0 Å². The molecule has 0 radical (unpaired) electrons. The molecule has 1 aromatic carbocycles. The Morgan fingerprint density at radius 1 is 1.35 bits per heavy atom. The number of sulfonamides is 1. The minimum atomic E-state index is -3.27. The molecule has 1 aromatic rings. The van der Waals surface area contributed by atoms with Crippen molar-refractivity contribution in [3.63, 3.8) is 0 Å². The fraction of sp³-hybridized carbons (Fsp3) is 0.455. The van der Waals surface area contributed by atoms with Crippen LogP contribution >= 0.6 is 15.9 Å². The molecule has 0 aliphatic heterocycles. The number of benzene rings is 1. The van der Waals surface area contributed by atoms with E-state index in [0.717, 1.165) is 10.0 Å². The standard InChI is InChI=1S/C11H17BrN2O2S/c1-9-5-3-6-10(11(9)12)14-17(15,16)8-4-7-13-2/h3,5-6,13-14H,4,7-8H2,1-2H3. The fourth-order valence-electron chi connectivity index (χ4n) is 1.38. The number of hydrogen-bond acceptors (Lipinski definition) is 3. The summed E-state index contributed by atoms with van der Waals surface area (Å²) in [5, 5.41) is 2.92. The second kappa shape index (κ2) is 6.37. The Kier molecular flexibility index (Phi) is 5.42. The molecule has 0 saturated heterocycles. The summed E-state index contributed by atoms with van der Waals surface area (Å²) in [4.78, 5) is 0. The van der Waals surface area contributed by atoms with Crippen LogP contribution in [-0.4, -0.2) is 27.8 Å². The summed E-state index contributed by atoms with van der Waals surface area (Å²) in [7, 11) is -1.46. The Bertz CT molecular complexity index is 474. The Morgan fingerprint density at radius 3 is 2.71 bits per heavy atom. The monoisotopic (exact) mass is 320 g/mol. The van der Waals surface area contributed by atoms with Crippen molar-refractivity contribution in [1.29, 1.82) is 0 Å². The van der Waals surface area contributed by atoms with Crippen molar-refractivity contribution in [1.82, 2.24) is 5.32 Å². The highest BCUT2D eigenvalue weighted by Crippen LogP contribution is 2.26. The Balaban J connectivity index is 2.73. The SMILES string of the molecule is CNCCCS(=O)(=O)Nc1cccc(C)c1Br. The molecular formula is C11H17BrN2O2S. The molecule has 0 aliphatic carbocycles. The first-order valence-electron chi connectivity index (χ1n) is 5.36. The van der Waals surface area contributed by atoms with Gasteiger partial charge in [-0.2, -0.15) is 0 Å². The van der Waals surface area contributed by atoms with Crippen molar-refractivity contribution < 1.29 is 8.42 Å². The van der Waals surface area contributed by atoms with Crippen LogP contribution in [0.2, 0.25) is 0 Å². The first-order valence-corrected chi connectivity index (χ1v) is 7.81. The number of anilines is 1. The Hall–Kier alpha value is -0.590. The first-order chi connectivity index (χ1) is 7.96. The van der Waals surface area contributed by atoms with Crippen molar-refractivity contribution >= 4 is 31.6 Å². The maximum atomic E-state index is 11.8. The summed E-state index contributed by atoms with van der Waals surface area (Å²) >= 11 is 3.38. The summed E-state index contributed by atoms with van der Waals surface area (Å²) in [6.45, 7) is 2.61. The minimum Gasteiger partial charge on any atom is -0.320 e. The van der Waals surface area contributed by atoms with Crippen LogP contribution in [0.15, 0.2) is 22.7 Å². The second-order valence-corrected chi connectivity index (χ2v) is 6.45. The van der Waals surface area contributed by atoms with Gasteiger partial charge in [-0.15, -0.1) is 0 Å². The van der Waals surface area contributed by atoms with E-state index < -0.39 is 10.0 Å². The van der Waals surface area contributed by atoms with Gasteiger partial charge in [0.05, 0.1) is 11.4 Å². The maximum absolute atomic E-state index is 11.8. The van der Waals surface area contributed by atoms with E-state index in [9.17, 15) is 8.42 Å². The van der Waals surface area contributed by atoms with Crippen LogP contribution in [0.4, 0.5) is 5.69 Å². The normalized spacial score (nSPS) is 11.5. The van der Waals surface area contributed by atoms with Crippen molar-refractivity contribution in [2.45, 2.75) is 13.3 Å². The van der Waals surface area contributed by atoms with Crippen molar-refractivity contribution in [2.24, 2.45) is 0 Å². The van der Waals surface area contributed by atoms with Crippen LogP contribution in [0.25, 0.3) is 0 Å². The summed E-state index contributed by atoms with van der Waals surface area (Å²) in [6, 6.07) is 5.49. The smallest absolute Gasteiger partial charge is 0.232 e. The van der Waals surface area contributed by atoms with Gasteiger partial charge < -0.3 is 5.32 Å². The molecule has 96 valence electrons. The molecule has 0 fully saturated rings. The lowest BCUT2D eigenvalue weighted by atomic mass is 10.2. The Morgan fingerprint density at radius 2 is 2.06 bits per heavy atom. The zero-order valence-corrected chi connectivity index (χ0v) is 12.4. The molecule has 4 nitrogen and oxygen atoms in total. The van der Waals surface area contributed by atoms with Gasteiger partial charge >= 0.3 is 0 Å². The highest BCUT2D eigenvalue weighted by Gasteiger charge is 2.12. The van der Waals surface area contributed by atoms with Crippen molar-refractivity contribution in [2.75, 3.05) is 24.1 Å². The lowest BCUT2D eigenvalue weighted by Gasteiger charge is -2.10. The molecule has 2 N–H and O–H groups in total. The average Bonchev–Trinajstić information content (AvgIpc) is 2.25. The number of aryl methyl sites for hydroxylation is 1. The van der Waals surface area contributed by atoms with Gasteiger partial charge in [-0.1, -0.05) is 12.1 Å². The molecule has 0 amide bonds. The molecule has 0 aromatic heterocycles. The summed E-state index contributed by atoms with van der Waals surface area (Å²) in [6.07, 6.45) is 0.593. The van der Waals surface area contributed by atoms with Gasteiger partial charge in [0, 0.05) is 4.47 Å². The highest BCUT2D eigenvalue weighted by atomic mass is 79.9. The lowest BCUT2D eigenvalue weighted by molar-refractivity contribution is 0.597. The van der Waals surface area contributed by atoms with E-state index in [1.807, 2.05) is 19.1 Å². The van der Waals surface area contributed by atoms with E-state index in [-0.39, 0.29) is 5.75 Å². The molecule has 0 heterocycles. The van der Waals surface area contributed by atoms with Crippen LogP contribution in [-0.2, 0) is 10.0 Å². The van der Waals surface area contributed by atoms with Crippen LogP contribution in [0.1, 0.15) is 12.0 Å². The zero-order chi connectivity index (χ0) is 12.9. The lowest BCUT2D eigenvalue weighted by Crippen LogP contribution is -2.20. The summed E-state index contributed by atoms with van der Waals surface area (Å²) in [5.41, 5.74) is 1.59. The van der Waals surface area contributed by atoms with Crippen LogP contribution in [0.3, 0.4) is 0 Å². The Labute approximate surface area is 111 Å². The molecule has 6 heteroatoms. The van der Waals surface area contributed by atoms with E-state index in [0.29, 0.717) is 18.7 Å². The molecule has 0 atom stereocenters. The maximum Gasteiger partial charge on any atom is 0.232 e. The van der Waals surface area contributed by atoms with Gasteiger partial charge in [0.15, 0.2) is 0 Å². The number of halogens is 1. The van der Waals surface area contributed by atoms with E-state index in [1.54, 1.807) is 13.1 Å². The largest absolute Gasteiger partial charge is 0.320 e. The molecular weight excluding hydrogens is 304 g/mol. The first kappa shape index (κ1) is 14.5. The molecule has 0 saturated carbocycles. The topological polar surface area (TPSA) is 58.2 Å². The van der Waals surface area contributed by atoms with Crippen molar-refractivity contribution in [3.05, 3.63) is 28.2 Å². The van der Waals surface area contributed by atoms with Crippen LogP contribution in [0, 0.1) is 6.92 Å². The van der Waals surface area contributed by atoms with Gasteiger partial charge in [0.2, 0.25) is 10.0 Å². The van der Waals surface area contributed by atoms with Gasteiger partial charge in [0.1, 0.15) is 0 Å². The average molecular weight is 321 g/mol. The summed E-state index contributed by atoms with van der Waals surface area (Å²) in [5.74, 6) is 0.119. The van der Waals surface area contributed by atoms with E-state index in [2.05, 4.69) is 26.0 Å². The van der Waals surface area contributed by atoms with Gasteiger partial charge in [0.25, 0.3) is 0 Å². The second-order valence-electron chi connectivity index (χ2n) is 3.81. The fourth-order valence-corrected chi connectivity index (χ4v) is 3.01. The van der Waals surface area contributed by atoms with Gasteiger partial charge in [-0.25, -0.2) is 8.42 Å². The predicted molar refractivity (Wildman–Crippen MR) is 74.8 cm³/mol. The van der Waals surface area contributed by atoms with E-state index in [4.69, 9.17) is 0 Å². The van der Waals surface area contributed by atoms with Crippen LogP contribution in [0.5, 0.6) is 0 Å². The van der Waals surface area contributed by atoms with E-state index in [1.165, 1.54) is 0 Å². The predicted octanol–water partition coefficient (Wildman–Crippen LogP) is 2.11. The highest BCUT2D eigenvalue weighted by molar-refractivity contribution is 9.10. The van der Waals surface area contributed by atoms with Crippen molar-refractivity contribution in [3.8, 4) is 0 Å². The quantitative estimate of drug-likeness (QED) is 0.789. The molecule has 0 unspecified atom stereocenters. The summed E-state index contributed by atoms with van der Waals surface area (Å²) < 4.78 is 26.9. The van der Waals surface area contributed by atoms with Crippen LogP contribution < -0.4 is 10.0 Å². The zero-order valence-electron chi connectivity index (χ0n) is 9.96. The third-order valence-electron chi connectivity index (χ3n) is 2.30. The molecule has 0 spiro atoms. The third-order valence-corrected chi connectivity index (χ3v) is 4.71. The number of hydrogen-bond donors (Lipinski definition) is 2. The minimum absolute atomic E-state index is 0.119. The molecule has 1 rings (SSSR count). The van der Waals surface area contributed by atoms with Gasteiger partial charge in [-0.3, -0.25) is 4.72 Å².